The van der Waals surface area contributed by atoms with Crippen LogP contribution in [0.4, 0.5) is 11.4 Å². The van der Waals surface area contributed by atoms with Crippen molar-refractivity contribution < 1.29 is 14.3 Å². The van der Waals surface area contributed by atoms with E-state index in [9.17, 15) is 4.79 Å². The fourth-order valence-corrected chi connectivity index (χ4v) is 3.42. The van der Waals surface area contributed by atoms with E-state index in [2.05, 4.69) is 29.7 Å². The third-order valence-electron chi connectivity index (χ3n) is 5.11. The van der Waals surface area contributed by atoms with Crippen molar-refractivity contribution in [3.05, 3.63) is 65.0 Å². The number of ether oxygens (including phenoxy) is 2. The van der Waals surface area contributed by atoms with Gasteiger partial charge in [-0.1, -0.05) is 12.1 Å². The average molecular weight is 392 g/mol. The lowest BCUT2D eigenvalue weighted by atomic mass is 10.1. The Morgan fingerprint density at radius 1 is 1.21 bits per heavy atom. The van der Waals surface area contributed by atoms with E-state index in [0.717, 1.165) is 22.8 Å². The maximum Gasteiger partial charge on any atom is 0.262 e. The molecule has 1 aliphatic rings. The van der Waals surface area contributed by atoms with Gasteiger partial charge in [0, 0.05) is 29.6 Å². The zero-order valence-corrected chi connectivity index (χ0v) is 16.8. The molecule has 1 aromatic heterocycles. The number of amides is 1. The number of nitrogens with one attached hydrogen (secondary N) is 2. The molecular formula is C22H24N4O3. The van der Waals surface area contributed by atoms with Crippen LogP contribution in [0.15, 0.2) is 42.5 Å². The van der Waals surface area contributed by atoms with Crippen LogP contribution in [0.1, 0.15) is 22.5 Å². The lowest BCUT2D eigenvalue weighted by Gasteiger charge is -2.19. The zero-order valence-electron chi connectivity index (χ0n) is 16.8. The van der Waals surface area contributed by atoms with Crippen molar-refractivity contribution in [3.8, 4) is 11.5 Å². The number of carbonyl (C=O) groups is 1. The first-order valence-corrected chi connectivity index (χ1v) is 9.50. The highest BCUT2D eigenvalue weighted by molar-refractivity contribution is 5.95. The number of aryl methyl sites for hydroxylation is 1. The Morgan fingerprint density at radius 3 is 2.76 bits per heavy atom. The number of methoxy groups -OCH3 is 1. The molecule has 7 heteroatoms. The molecule has 0 bridgehead atoms. The summed E-state index contributed by atoms with van der Waals surface area (Å²) >= 11 is 0. The van der Waals surface area contributed by atoms with Gasteiger partial charge in [-0.3, -0.25) is 9.48 Å². The standard InChI is InChI=1S/C22H24N4O3/c1-14-19(11-23-17-6-9-20-21(10-17)29-13-22(27)24-20)15(2)26(25-14)12-16-4-7-18(28-3)8-5-16/h4-10,23H,11-13H2,1-3H3,(H,24,27). The third kappa shape index (κ3) is 4.03. The molecule has 0 aliphatic carbocycles. The largest absolute Gasteiger partial charge is 0.497 e. The first kappa shape index (κ1) is 18.9. The van der Waals surface area contributed by atoms with Gasteiger partial charge in [-0.25, -0.2) is 0 Å². The Labute approximate surface area is 169 Å². The van der Waals surface area contributed by atoms with Crippen LogP contribution in [0.25, 0.3) is 0 Å². The van der Waals surface area contributed by atoms with E-state index in [-0.39, 0.29) is 12.5 Å². The predicted octanol–water partition coefficient (Wildman–Crippen LogP) is 3.50. The molecule has 0 unspecified atom stereocenters. The van der Waals surface area contributed by atoms with Crippen molar-refractivity contribution in [2.75, 3.05) is 24.4 Å². The van der Waals surface area contributed by atoms with Gasteiger partial charge in [0.15, 0.2) is 6.61 Å². The van der Waals surface area contributed by atoms with E-state index >= 15 is 0 Å². The fourth-order valence-electron chi connectivity index (χ4n) is 3.42. The Kier molecular flexibility index (Phi) is 5.12. The van der Waals surface area contributed by atoms with Crippen LogP contribution in [-0.4, -0.2) is 29.4 Å². The van der Waals surface area contributed by atoms with E-state index in [4.69, 9.17) is 14.6 Å². The second-order valence-corrected chi connectivity index (χ2v) is 7.06. The number of fused-ring (bicyclic) bond motifs is 1. The first-order valence-electron chi connectivity index (χ1n) is 9.50. The summed E-state index contributed by atoms with van der Waals surface area (Å²) in [6.07, 6.45) is 0. The molecule has 4 rings (SSSR count). The highest BCUT2D eigenvalue weighted by atomic mass is 16.5. The highest BCUT2D eigenvalue weighted by Crippen LogP contribution is 2.31. The minimum absolute atomic E-state index is 0.0484. The minimum Gasteiger partial charge on any atom is -0.497 e. The molecule has 1 aliphatic heterocycles. The number of benzene rings is 2. The summed E-state index contributed by atoms with van der Waals surface area (Å²) in [4.78, 5) is 11.4. The molecule has 0 spiro atoms. The molecule has 0 radical (unpaired) electrons. The SMILES string of the molecule is COc1ccc(Cn2nc(C)c(CNc3ccc4c(c3)OCC(=O)N4)c2C)cc1. The van der Waals surface area contributed by atoms with Gasteiger partial charge >= 0.3 is 0 Å². The van der Waals surface area contributed by atoms with Crippen LogP contribution >= 0.6 is 0 Å². The molecular weight excluding hydrogens is 368 g/mol. The molecule has 29 heavy (non-hydrogen) atoms. The van der Waals surface area contributed by atoms with Crippen molar-refractivity contribution in [3.63, 3.8) is 0 Å². The van der Waals surface area contributed by atoms with E-state index < -0.39 is 0 Å². The molecule has 0 saturated heterocycles. The maximum absolute atomic E-state index is 11.4. The fraction of sp³-hybridized carbons (Fsp3) is 0.273. The van der Waals surface area contributed by atoms with Crippen LogP contribution in [0.3, 0.4) is 0 Å². The van der Waals surface area contributed by atoms with Gasteiger partial charge in [0.25, 0.3) is 5.91 Å². The quantitative estimate of drug-likeness (QED) is 0.671. The average Bonchev–Trinajstić information content (AvgIpc) is 2.99. The molecule has 3 aromatic rings. The maximum atomic E-state index is 11.4. The lowest BCUT2D eigenvalue weighted by molar-refractivity contribution is -0.118. The Balaban J connectivity index is 1.46. The highest BCUT2D eigenvalue weighted by Gasteiger charge is 2.16. The molecule has 2 heterocycles. The third-order valence-corrected chi connectivity index (χ3v) is 5.11. The number of hydrogen-bond donors (Lipinski definition) is 2. The summed E-state index contributed by atoms with van der Waals surface area (Å²) in [5.41, 5.74) is 6.11. The summed E-state index contributed by atoms with van der Waals surface area (Å²) in [6.45, 7) is 5.54. The van der Waals surface area contributed by atoms with Crippen molar-refractivity contribution in [1.82, 2.24) is 9.78 Å². The summed E-state index contributed by atoms with van der Waals surface area (Å²) in [7, 11) is 1.67. The van der Waals surface area contributed by atoms with Crippen molar-refractivity contribution in [1.29, 1.82) is 0 Å². The molecule has 150 valence electrons. The van der Waals surface area contributed by atoms with Gasteiger partial charge in [-0.15, -0.1) is 0 Å². The van der Waals surface area contributed by atoms with Crippen LogP contribution in [0.5, 0.6) is 11.5 Å². The molecule has 2 N–H and O–H groups in total. The van der Waals surface area contributed by atoms with Crippen molar-refractivity contribution in [2.45, 2.75) is 26.9 Å². The van der Waals surface area contributed by atoms with Gasteiger partial charge in [-0.05, 0) is 43.7 Å². The second kappa shape index (κ2) is 7.87. The van der Waals surface area contributed by atoms with Gasteiger partial charge in [0.2, 0.25) is 0 Å². The molecule has 1 amide bonds. The van der Waals surface area contributed by atoms with E-state index in [0.29, 0.717) is 24.5 Å². The first-order chi connectivity index (χ1) is 14.0. The Hall–Kier alpha value is -3.48. The summed E-state index contributed by atoms with van der Waals surface area (Å²) < 4.78 is 12.7. The summed E-state index contributed by atoms with van der Waals surface area (Å²) in [5.74, 6) is 1.40. The number of anilines is 2. The van der Waals surface area contributed by atoms with Crippen LogP contribution in [-0.2, 0) is 17.9 Å². The number of aromatic nitrogens is 2. The van der Waals surface area contributed by atoms with E-state index in [1.54, 1.807) is 7.11 Å². The monoisotopic (exact) mass is 392 g/mol. The Morgan fingerprint density at radius 2 is 2.00 bits per heavy atom. The van der Waals surface area contributed by atoms with Crippen LogP contribution in [0, 0.1) is 13.8 Å². The number of rotatable bonds is 6. The van der Waals surface area contributed by atoms with E-state index in [1.807, 2.05) is 41.9 Å². The normalized spacial score (nSPS) is 12.7. The molecule has 7 nitrogen and oxygen atoms in total. The number of hydrogen-bond acceptors (Lipinski definition) is 5. The molecule has 0 fully saturated rings. The molecule has 0 saturated carbocycles. The summed E-state index contributed by atoms with van der Waals surface area (Å²) in [5, 5.41) is 10.9. The number of nitrogens with zero attached hydrogens (tertiary/aromatic N) is 2. The van der Waals surface area contributed by atoms with Crippen molar-refractivity contribution >= 4 is 17.3 Å². The topological polar surface area (TPSA) is 77.4 Å². The predicted molar refractivity (Wildman–Crippen MR) is 112 cm³/mol. The van der Waals surface area contributed by atoms with Gasteiger partial charge in [-0.2, -0.15) is 5.10 Å². The second-order valence-electron chi connectivity index (χ2n) is 7.06. The minimum atomic E-state index is -0.131. The summed E-state index contributed by atoms with van der Waals surface area (Å²) in [6, 6.07) is 13.7. The smallest absolute Gasteiger partial charge is 0.262 e. The number of carbonyl (C=O) groups excluding carboxylic acids is 1. The zero-order chi connectivity index (χ0) is 20.4. The van der Waals surface area contributed by atoms with Gasteiger partial charge < -0.3 is 20.1 Å². The van der Waals surface area contributed by atoms with Crippen LogP contribution < -0.4 is 20.1 Å². The molecule has 0 atom stereocenters. The van der Waals surface area contributed by atoms with Gasteiger partial charge in [0.1, 0.15) is 11.5 Å². The van der Waals surface area contributed by atoms with Crippen molar-refractivity contribution in [2.24, 2.45) is 0 Å². The molecule has 2 aromatic carbocycles. The van der Waals surface area contributed by atoms with Gasteiger partial charge in [0.05, 0.1) is 25.0 Å². The van der Waals surface area contributed by atoms with Crippen LogP contribution in [0.2, 0.25) is 0 Å². The van der Waals surface area contributed by atoms with E-state index in [1.165, 1.54) is 11.1 Å². The Bertz CT molecular complexity index is 1040. The lowest BCUT2D eigenvalue weighted by Crippen LogP contribution is -2.25.